The van der Waals surface area contributed by atoms with Crippen LogP contribution in [0.25, 0.3) is 0 Å². The van der Waals surface area contributed by atoms with E-state index in [1.807, 2.05) is 6.92 Å². The van der Waals surface area contributed by atoms with Crippen molar-refractivity contribution < 1.29 is 28.2 Å². The Bertz CT molecular complexity index is 1140. The van der Waals surface area contributed by atoms with Crippen molar-refractivity contribution in [1.29, 1.82) is 0 Å². The standard InChI is InChI=1S/C18H21FN2O.C10H18N2O4/c1-5-13-10(2)16(20-11(13)3)9-18(4)14-8-12(19)6-7-15(14)21-17(18)22;1-15-9(7-11-8-13)6-10(14)12-2-4-16-5-3-12/h6-8,20H,5,9H2,1-4H3,(H,21,22);8-9H,2-7H2,1H3,(H,11,13). The zero-order chi connectivity index (χ0) is 27.9. The van der Waals surface area contributed by atoms with Crippen molar-refractivity contribution in [1.82, 2.24) is 15.2 Å². The molecule has 3 heterocycles. The summed E-state index contributed by atoms with van der Waals surface area (Å²) in [6, 6.07) is 4.49. The number of anilines is 1. The van der Waals surface area contributed by atoms with Gasteiger partial charge in [-0.25, -0.2) is 4.39 Å². The highest BCUT2D eigenvalue weighted by Gasteiger charge is 2.43. The molecule has 0 bridgehead atoms. The number of methoxy groups -OCH3 is 1. The summed E-state index contributed by atoms with van der Waals surface area (Å²) in [6.07, 6.45) is 2.13. The highest BCUT2D eigenvalue weighted by molar-refractivity contribution is 6.06. The maximum Gasteiger partial charge on any atom is 0.235 e. The highest BCUT2D eigenvalue weighted by atomic mass is 19.1. The number of aromatic nitrogens is 1. The van der Waals surface area contributed by atoms with Crippen LogP contribution < -0.4 is 10.6 Å². The summed E-state index contributed by atoms with van der Waals surface area (Å²) in [5.74, 6) is -0.337. The van der Waals surface area contributed by atoms with Crippen molar-refractivity contribution in [3.05, 3.63) is 52.1 Å². The van der Waals surface area contributed by atoms with Crippen molar-refractivity contribution in [2.24, 2.45) is 0 Å². The van der Waals surface area contributed by atoms with Crippen LogP contribution in [0.5, 0.6) is 0 Å². The van der Waals surface area contributed by atoms with Crippen LogP contribution in [-0.2, 0) is 42.1 Å². The van der Waals surface area contributed by atoms with Crippen LogP contribution in [0.1, 0.15) is 48.3 Å². The van der Waals surface area contributed by atoms with Gasteiger partial charge in [0.15, 0.2) is 0 Å². The van der Waals surface area contributed by atoms with E-state index in [2.05, 4.69) is 36.4 Å². The molecular weight excluding hydrogens is 491 g/mol. The first-order valence-corrected chi connectivity index (χ1v) is 13.0. The van der Waals surface area contributed by atoms with Crippen LogP contribution in [0.3, 0.4) is 0 Å². The Morgan fingerprint density at radius 2 is 2.03 bits per heavy atom. The predicted molar refractivity (Wildman–Crippen MR) is 143 cm³/mol. The van der Waals surface area contributed by atoms with E-state index in [0.29, 0.717) is 51.4 Å². The summed E-state index contributed by atoms with van der Waals surface area (Å²) in [4.78, 5) is 39.6. The molecule has 3 amide bonds. The minimum atomic E-state index is -0.746. The number of H-pyrrole nitrogens is 1. The van der Waals surface area contributed by atoms with E-state index >= 15 is 0 Å². The van der Waals surface area contributed by atoms with Gasteiger partial charge in [-0.1, -0.05) is 6.92 Å². The van der Waals surface area contributed by atoms with E-state index in [9.17, 15) is 18.8 Å². The van der Waals surface area contributed by atoms with Crippen molar-refractivity contribution in [2.75, 3.05) is 45.3 Å². The Morgan fingerprint density at radius 1 is 1.32 bits per heavy atom. The van der Waals surface area contributed by atoms with Crippen molar-refractivity contribution in [3.63, 3.8) is 0 Å². The molecule has 0 spiro atoms. The highest BCUT2D eigenvalue weighted by Crippen LogP contribution is 2.41. The van der Waals surface area contributed by atoms with E-state index in [0.717, 1.165) is 23.4 Å². The summed E-state index contributed by atoms with van der Waals surface area (Å²) in [5, 5.41) is 5.38. The predicted octanol–water partition coefficient (Wildman–Crippen LogP) is 2.78. The third-order valence-corrected chi connectivity index (χ3v) is 7.43. The minimum absolute atomic E-state index is 0.0443. The Labute approximate surface area is 223 Å². The van der Waals surface area contributed by atoms with Gasteiger partial charge in [0.2, 0.25) is 18.2 Å². The third-order valence-electron chi connectivity index (χ3n) is 7.43. The van der Waals surface area contributed by atoms with E-state index in [1.54, 1.807) is 11.0 Å². The number of aryl methyl sites for hydroxylation is 1. The van der Waals surface area contributed by atoms with Crippen molar-refractivity contribution in [2.45, 2.75) is 58.5 Å². The number of aromatic amines is 1. The quantitative estimate of drug-likeness (QED) is 0.432. The van der Waals surface area contributed by atoms with E-state index in [4.69, 9.17) is 9.47 Å². The number of fused-ring (bicyclic) bond motifs is 1. The van der Waals surface area contributed by atoms with Gasteiger partial charge in [0.1, 0.15) is 5.82 Å². The molecule has 0 aliphatic carbocycles. The lowest BCUT2D eigenvalue weighted by Gasteiger charge is -2.28. The fourth-order valence-electron chi connectivity index (χ4n) is 5.11. The molecule has 4 rings (SSSR count). The normalized spacial score (nSPS) is 19.2. The largest absolute Gasteiger partial charge is 0.379 e. The number of benzene rings is 1. The zero-order valence-electron chi connectivity index (χ0n) is 22.9. The van der Waals surface area contributed by atoms with Gasteiger partial charge in [-0.15, -0.1) is 0 Å². The number of morpholine rings is 1. The summed E-state index contributed by atoms with van der Waals surface area (Å²) in [5.41, 5.74) is 5.42. The Morgan fingerprint density at radius 3 is 2.63 bits per heavy atom. The molecule has 0 radical (unpaired) electrons. The lowest BCUT2D eigenvalue weighted by molar-refractivity contribution is -0.138. The van der Waals surface area contributed by atoms with Gasteiger partial charge in [-0.2, -0.15) is 0 Å². The maximum atomic E-state index is 13.6. The van der Waals surface area contributed by atoms with Gasteiger partial charge in [0.05, 0.1) is 31.2 Å². The monoisotopic (exact) mass is 530 g/mol. The maximum absolute atomic E-state index is 13.6. The molecule has 38 heavy (non-hydrogen) atoms. The average Bonchev–Trinajstić information content (AvgIpc) is 3.32. The summed E-state index contributed by atoms with van der Waals surface area (Å²) in [6.45, 7) is 11.0. The number of halogens is 1. The molecule has 3 N–H and O–H groups in total. The molecule has 2 aliphatic rings. The van der Waals surface area contributed by atoms with Gasteiger partial charge in [-0.05, 0) is 62.1 Å². The average molecular weight is 531 g/mol. The second kappa shape index (κ2) is 13.0. The third kappa shape index (κ3) is 6.60. The van der Waals surface area contributed by atoms with E-state index < -0.39 is 5.41 Å². The van der Waals surface area contributed by atoms with Crippen LogP contribution in [-0.4, -0.2) is 74.2 Å². The molecule has 1 saturated heterocycles. The molecule has 0 saturated carbocycles. The summed E-state index contributed by atoms with van der Waals surface area (Å²) in [7, 11) is 1.53. The minimum Gasteiger partial charge on any atom is -0.379 e. The second-order valence-electron chi connectivity index (χ2n) is 9.92. The fraction of sp³-hybridized carbons (Fsp3) is 0.536. The van der Waals surface area contributed by atoms with Crippen molar-refractivity contribution >= 4 is 23.9 Å². The van der Waals surface area contributed by atoms with Gasteiger partial charge in [-0.3, -0.25) is 14.4 Å². The summed E-state index contributed by atoms with van der Waals surface area (Å²) < 4.78 is 23.9. The molecule has 2 aromatic rings. The number of rotatable bonds is 9. The fourth-order valence-corrected chi connectivity index (χ4v) is 5.11. The molecule has 10 heteroatoms. The lowest BCUT2D eigenvalue weighted by atomic mass is 9.79. The number of nitrogens with zero attached hydrogens (tertiary/aromatic N) is 1. The molecule has 1 aromatic carbocycles. The molecule has 9 nitrogen and oxygen atoms in total. The van der Waals surface area contributed by atoms with Crippen LogP contribution in [0.15, 0.2) is 18.2 Å². The van der Waals surface area contributed by atoms with Crippen LogP contribution in [0, 0.1) is 19.7 Å². The molecule has 2 aliphatic heterocycles. The van der Waals surface area contributed by atoms with Crippen LogP contribution in [0.4, 0.5) is 10.1 Å². The number of carbonyl (C=O) groups is 3. The topological polar surface area (TPSA) is 113 Å². The molecule has 1 fully saturated rings. The zero-order valence-corrected chi connectivity index (χ0v) is 22.9. The molecule has 2 atom stereocenters. The Kier molecular flexibility index (Phi) is 10.0. The van der Waals surface area contributed by atoms with Gasteiger partial charge in [0, 0.05) is 50.2 Å². The first-order chi connectivity index (χ1) is 18.1. The summed E-state index contributed by atoms with van der Waals surface area (Å²) >= 11 is 0. The molecule has 1 aromatic heterocycles. The van der Waals surface area contributed by atoms with Gasteiger partial charge >= 0.3 is 0 Å². The number of nitrogens with one attached hydrogen (secondary N) is 3. The SMILES string of the molecule is CCc1c(C)[nH]c(CC2(C)C(=O)Nc3ccc(F)cc32)c1C.COC(CNC=O)CC(=O)N1CCOCC1. The van der Waals surface area contributed by atoms with Gasteiger partial charge in [0.25, 0.3) is 0 Å². The van der Waals surface area contributed by atoms with Gasteiger partial charge < -0.3 is 30.0 Å². The second-order valence-corrected chi connectivity index (χ2v) is 9.92. The first kappa shape index (κ1) is 29.3. The van der Waals surface area contributed by atoms with Crippen LogP contribution >= 0.6 is 0 Å². The number of amides is 3. The molecular formula is C28H39FN4O5. The Hall–Kier alpha value is -3.24. The lowest BCUT2D eigenvalue weighted by Crippen LogP contribution is -2.43. The number of ether oxygens (including phenoxy) is 2. The smallest absolute Gasteiger partial charge is 0.235 e. The number of hydrogen-bond acceptors (Lipinski definition) is 5. The van der Waals surface area contributed by atoms with Crippen LogP contribution in [0.2, 0.25) is 0 Å². The molecule has 2 unspecified atom stereocenters. The van der Waals surface area contributed by atoms with E-state index in [-0.39, 0.29) is 30.2 Å². The number of carbonyl (C=O) groups excluding carboxylic acids is 3. The first-order valence-electron chi connectivity index (χ1n) is 13.0. The number of hydrogen-bond donors (Lipinski definition) is 3. The molecule has 208 valence electrons. The Balaban J connectivity index is 0.000000223. The van der Waals surface area contributed by atoms with E-state index in [1.165, 1.54) is 30.4 Å². The van der Waals surface area contributed by atoms with Crippen molar-refractivity contribution in [3.8, 4) is 0 Å².